The van der Waals surface area contributed by atoms with Gasteiger partial charge in [0.05, 0.1) is 6.54 Å². The zero-order valence-electron chi connectivity index (χ0n) is 15.2. The molecule has 0 atom stereocenters. The lowest BCUT2D eigenvalue weighted by Gasteiger charge is -2.39. The van der Waals surface area contributed by atoms with Crippen LogP contribution < -0.4 is 4.90 Å². The second kappa shape index (κ2) is 6.92. The number of rotatable bonds is 4. The minimum atomic E-state index is -3.54. The Morgan fingerprint density at radius 3 is 2.52 bits per heavy atom. The van der Waals surface area contributed by atoms with Gasteiger partial charge in [-0.25, -0.2) is 23.2 Å². The molecule has 8 heteroatoms. The van der Waals surface area contributed by atoms with Crippen molar-refractivity contribution in [2.45, 2.75) is 50.0 Å². The lowest BCUT2D eigenvalue weighted by molar-refractivity contribution is 0.191. The molecule has 1 fully saturated rings. The van der Waals surface area contributed by atoms with Gasteiger partial charge in [-0.05, 0) is 18.4 Å². The minimum Gasteiger partial charge on any atom is -0.315 e. The quantitative estimate of drug-likeness (QED) is 0.755. The van der Waals surface area contributed by atoms with Crippen LogP contribution in [0.4, 0.5) is 10.6 Å². The average molecular weight is 386 g/mol. The first-order chi connectivity index (χ1) is 12.9. The molecule has 0 bridgehead atoms. The van der Waals surface area contributed by atoms with E-state index in [1.54, 1.807) is 16.0 Å². The summed E-state index contributed by atoms with van der Waals surface area (Å²) in [6, 6.07) is 9.77. The average Bonchev–Trinajstić information content (AvgIpc) is 3.16. The summed E-state index contributed by atoms with van der Waals surface area (Å²) in [4.78, 5) is 25.1. The zero-order valence-corrected chi connectivity index (χ0v) is 16.0. The highest BCUT2D eigenvalue weighted by atomic mass is 32.2. The van der Waals surface area contributed by atoms with Crippen LogP contribution in [0, 0.1) is 0 Å². The van der Waals surface area contributed by atoms with E-state index in [1.165, 1.54) is 0 Å². The maximum absolute atomic E-state index is 13.3. The van der Waals surface area contributed by atoms with Gasteiger partial charge in [-0.3, -0.25) is 4.90 Å². The number of benzene rings is 1. The molecular formula is C19H22N4O3S. The summed E-state index contributed by atoms with van der Waals surface area (Å²) in [6.45, 7) is 0.868. The van der Waals surface area contributed by atoms with Gasteiger partial charge in [-0.15, -0.1) is 0 Å². The van der Waals surface area contributed by atoms with Crippen LogP contribution >= 0.6 is 0 Å². The van der Waals surface area contributed by atoms with Crippen molar-refractivity contribution in [3.63, 3.8) is 0 Å². The van der Waals surface area contributed by atoms with Crippen molar-refractivity contribution >= 4 is 21.7 Å². The number of fused-ring (bicyclic) bond motifs is 1. The van der Waals surface area contributed by atoms with E-state index in [0.717, 1.165) is 43.1 Å². The van der Waals surface area contributed by atoms with Gasteiger partial charge >= 0.3 is 6.03 Å². The monoisotopic (exact) mass is 386 g/mol. The molecule has 142 valence electrons. The summed E-state index contributed by atoms with van der Waals surface area (Å²) in [5.74, 6) is 0.451. The lowest BCUT2D eigenvalue weighted by Crippen LogP contribution is -2.51. The van der Waals surface area contributed by atoms with E-state index in [4.69, 9.17) is 0 Å². The van der Waals surface area contributed by atoms with E-state index in [9.17, 15) is 13.2 Å². The van der Waals surface area contributed by atoms with E-state index in [1.807, 2.05) is 30.3 Å². The number of carbonyl (C=O) groups excluding carboxylic acids is 1. The summed E-state index contributed by atoms with van der Waals surface area (Å²) in [5.41, 5.74) is 1.83. The van der Waals surface area contributed by atoms with Gasteiger partial charge in [0, 0.05) is 30.6 Å². The summed E-state index contributed by atoms with van der Waals surface area (Å²) in [7, 11) is -3.54. The van der Waals surface area contributed by atoms with Gasteiger partial charge < -0.3 is 4.90 Å². The van der Waals surface area contributed by atoms with Crippen molar-refractivity contribution < 1.29 is 13.2 Å². The van der Waals surface area contributed by atoms with Gasteiger partial charge in [-0.2, -0.15) is 0 Å². The summed E-state index contributed by atoms with van der Waals surface area (Å²) in [5, 5.41) is -0.228. The number of anilines is 1. The molecule has 1 aliphatic carbocycles. The first kappa shape index (κ1) is 17.9. The molecule has 0 radical (unpaired) electrons. The SMILES string of the molecule is CS(=O)(=O)c1ncc2c(n1)N(C1CCCC1)C(=O)N(Cc1ccccc1)C2. The largest absolute Gasteiger partial charge is 0.326 e. The highest BCUT2D eigenvalue weighted by Crippen LogP contribution is 2.34. The van der Waals surface area contributed by atoms with Gasteiger partial charge in [0.2, 0.25) is 15.0 Å². The number of nitrogens with zero attached hydrogens (tertiary/aromatic N) is 4. The Labute approximate surface area is 159 Å². The van der Waals surface area contributed by atoms with Gasteiger partial charge in [0.15, 0.2) is 0 Å². The Kier molecular flexibility index (Phi) is 4.59. The second-order valence-corrected chi connectivity index (χ2v) is 9.12. The number of sulfone groups is 1. The van der Waals surface area contributed by atoms with Crippen LogP contribution in [-0.2, 0) is 22.9 Å². The molecule has 0 saturated heterocycles. The lowest BCUT2D eigenvalue weighted by atomic mass is 10.1. The Morgan fingerprint density at radius 1 is 1.15 bits per heavy atom. The van der Waals surface area contributed by atoms with Crippen molar-refractivity contribution in [1.82, 2.24) is 14.9 Å². The fourth-order valence-corrected chi connectivity index (χ4v) is 4.31. The molecule has 7 nitrogen and oxygen atoms in total. The normalized spacial score (nSPS) is 18.0. The first-order valence-electron chi connectivity index (χ1n) is 9.11. The molecule has 27 heavy (non-hydrogen) atoms. The number of aromatic nitrogens is 2. The maximum Gasteiger partial charge on any atom is 0.326 e. The Hall–Kier alpha value is -2.48. The van der Waals surface area contributed by atoms with Gasteiger partial charge in [0.1, 0.15) is 5.82 Å². The van der Waals surface area contributed by atoms with Crippen molar-refractivity contribution in [3.8, 4) is 0 Å². The summed E-state index contributed by atoms with van der Waals surface area (Å²) >= 11 is 0. The summed E-state index contributed by atoms with van der Waals surface area (Å²) in [6.07, 6.45) is 6.57. The second-order valence-electron chi connectivity index (χ2n) is 7.21. The molecule has 1 aromatic carbocycles. The van der Waals surface area contributed by atoms with Crippen LogP contribution in [0.5, 0.6) is 0 Å². The predicted octanol–water partition coefficient (Wildman–Crippen LogP) is 2.76. The minimum absolute atomic E-state index is 0.0529. The van der Waals surface area contributed by atoms with Crippen LogP contribution in [0.25, 0.3) is 0 Å². The van der Waals surface area contributed by atoms with E-state index in [0.29, 0.717) is 18.9 Å². The number of urea groups is 1. The smallest absolute Gasteiger partial charge is 0.315 e. The molecule has 0 unspecified atom stereocenters. The number of hydrogen-bond donors (Lipinski definition) is 0. The Bertz CT molecular complexity index is 956. The molecular weight excluding hydrogens is 364 g/mol. The highest BCUT2D eigenvalue weighted by molar-refractivity contribution is 7.90. The van der Waals surface area contributed by atoms with Crippen LogP contribution in [0.2, 0.25) is 0 Å². The summed E-state index contributed by atoms with van der Waals surface area (Å²) < 4.78 is 23.8. The van der Waals surface area contributed by atoms with E-state index in [2.05, 4.69) is 9.97 Å². The molecule has 0 spiro atoms. The van der Waals surface area contributed by atoms with Crippen molar-refractivity contribution in [2.24, 2.45) is 0 Å². The van der Waals surface area contributed by atoms with Crippen LogP contribution in [0.15, 0.2) is 41.7 Å². The van der Waals surface area contributed by atoms with Crippen LogP contribution in [0.1, 0.15) is 36.8 Å². The van der Waals surface area contributed by atoms with E-state index in [-0.39, 0.29) is 17.2 Å². The zero-order chi connectivity index (χ0) is 19.0. The number of amides is 2. The third-order valence-corrected chi connectivity index (χ3v) is 5.98. The Balaban J connectivity index is 1.74. The van der Waals surface area contributed by atoms with Gasteiger partial charge in [-0.1, -0.05) is 43.2 Å². The maximum atomic E-state index is 13.3. The number of hydrogen-bond acceptors (Lipinski definition) is 5. The van der Waals surface area contributed by atoms with Gasteiger partial charge in [0.25, 0.3) is 0 Å². The molecule has 4 rings (SSSR count). The molecule has 1 aliphatic heterocycles. The fourth-order valence-electron chi connectivity index (χ4n) is 3.82. The molecule has 2 aromatic rings. The molecule has 1 saturated carbocycles. The van der Waals surface area contributed by atoms with E-state index >= 15 is 0 Å². The van der Waals surface area contributed by atoms with Crippen molar-refractivity contribution in [2.75, 3.05) is 11.2 Å². The third kappa shape index (κ3) is 3.53. The van der Waals surface area contributed by atoms with E-state index < -0.39 is 9.84 Å². The molecule has 2 amide bonds. The fraction of sp³-hybridized carbons (Fsp3) is 0.421. The first-order valence-corrected chi connectivity index (χ1v) is 11.0. The predicted molar refractivity (Wildman–Crippen MR) is 101 cm³/mol. The standard InChI is InChI=1S/C19H22N4O3S/c1-27(25,26)18-20-11-15-13-22(12-14-7-3-2-4-8-14)19(24)23(17(15)21-18)16-9-5-6-10-16/h2-4,7-8,11,16H,5-6,9-10,12-13H2,1H3. The topological polar surface area (TPSA) is 83.5 Å². The van der Waals surface area contributed by atoms with Crippen LogP contribution in [-0.4, -0.2) is 41.6 Å². The highest BCUT2D eigenvalue weighted by Gasteiger charge is 2.38. The third-order valence-electron chi connectivity index (χ3n) is 5.12. The molecule has 2 aliphatic rings. The molecule has 1 aromatic heterocycles. The van der Waals surface area contributed by atoms with Crippen molar-refractivity contribution in [3.05, 3.63) is 47.7 Å². The number of carbonyl (C=O) groups is 1. The van der Waals surface area contributed by atoms with Crippen molar-refractivity contribution in [1.29, 1.82) is 0 Å². The molecule has 0 N–H and O–H groups in total. The van der Waals surface area contributed by atoms with Crippen LogP contribution in [0.3, 0.4) is 0 Å². The Morgan fingerprint density at radius 2 is 1.85 bits per heavy atom. The molecule has 2 heterocycles.